The number of nitrogens with one attached hydrogen (secondary N) is 2. The van der Waals surface area contributed by atoms with E-state index in [0.29, 0.717) is 0 Å². The van der Waals surface area contributed by atoms with Gasteiger partial charge in [0.25, 0.3) is 0 Å². The van der Waals surface area contributed by atoms with Gasteiger partial charge in [-0.1, -0.05) is 36.4 Å². The monoisotopic (exact) mass is 315 g/mol. The summed E-state index contributed by atoms with van der Waals surface area (Å²) in [6, 6.07) is 16.5. The molecule has 5 nitrogen and oxygen atoms in total. The number of fused-ring (bicyclic) bond motifs is 1. The van der Waals surface area contributed by atoms with Crippen LogP contribution < -0.4 is 5.32 Å². The standard InChI is InChI=1S/C19H17N5/c1-2-4-14(5-3-1)8-9-20-19-13-21-18-10-15(6-7-17(18)24-19)16-11-22-23-12-16/h1-7,10-13H,8-9H2,(H,20,24)(H,22,23). The van der Waals surface area contributed by atoms with E-state index in [-0.39, 0.29) is 0 Å². The Labute approximate surface area is 139 Å². The molecule has 5 heteroatoms. The van der Waals surface area contributed by atoms with Crippen molar-refractivity contribution in [3.63, 3.8) is 0 Å². The molecule has 0 bridgehead atoms. The van der Waals surface area contributed by atoms with Crippen molar-refractivity contribution in [3.8, 4) is 11.1 Å². The van der Waals surface area contributed by atoms with Crippen LogP contribution in [0.1, 0.15) is 5.56 Å². The number of nitrogens with zero attached hydrogens (tertiary/aromatic N) is 3. The molecule has 0 aliphatic rings. The van der Waals surface area contributed by atoms with Crippen LogP contribution in [0.15, 0.2) is 67.1 Å². The molecule has 2 N–H and O–H groups in total. The van der Waals surface area contributed by atoms with Crippen molar-refractivity contribution in [2.45, 2.75) is 6.42 Å². The maximum atomic E-state index is 4.63. The summed E-state index contributed by atoms with van der Waals surface area (Å²) in [5.41, 5.74) is 5.19. The van der Waals surface area contributed by atoms with Crippen LogP contribution in [0.5, 0.6) is 0 Å². The van der Waals surface area contributed by atoms with Crippen LogP contribution in [-0.4, -0.2) is 26.7 Å². The van der Waals surface area contributed by atoms with E-state index in [9.17, 15) is 0 Å². The van der Waals surface area contributed by atoms with Crippen molar-refractivity contribution >= 4 is 16.9 Å². The molecule has 0 unspecified atom stereocenters. The van der Waals surface area contributed by atoms with Gasteiger partial charge in [0.15, 0.2) is 0 Å². The van der Waals surface area contributed by atoms with Crippen LogP contribution in [0, 0.1) is 0 Å². The Morgan fingerprint density at radius 3 is 2.67 bits per heavy atom. The van der Waals surface area contributed by atoms with Crippen molar-refractivity contribution < 1.29 is 0 Å². The summed E-state index contributed by atoms with van der Waals surface area (Å²) in [4.78, 5) is 9.15. The van der Waals surface area contributed by atoms with Gasteiger partial charge in [-0.3, -0.25) is 10.1 Å². The average Bonchev–Trinajstić information content (AvgIpc) is 3.17. The first-order valence-corrected chi connectivity index (χ1v) is 7.92. The van der Waals surface area contributed by atoms with Crippen LogP contribution in [0.25, 0.3) is 22.2 Å². The van der Waals surface area contributed by atoms with Gasteiger partial charge in [0.2, 0.25) is 0 Å². The van der Waals surface area contributed by atoms with Crippen LogP contribution in [0.2, 0.25) is 0 Å². The zero-order valence-corrected chi connectivity index (χ0v) is 13.1. The van der Waals surface area contributed by atoms with Gasteiger partial charge in [-0.25, -0.2) is 4.98 Å². The zero-order chi connectivity index (χ0) is 16.2. The molecule has 0 spiro atoms. The maximum absolute atomic E-state index is 4.63. The van der Waals surface area contributed by atoms with Crippen molar-refractivity contribution in [2.24, 2.45) is 0 Å². The fourth-order valence-electron chi connectivity index (χ4n) is 2.66. The van der Waals surface area contributed by atoms with Crippen LogP contribution in [0.3, 0.4) is 0 Å². The lowest BCUT2D eigenvalue weighted by Gasteiger charge is -2.07. The maximum Gasteiger partial charge on any atom is 0.145 e. The molecular formula is C19H17N5. The molecule has 0 saturated heterocycles. The SMILES string of the molecule is c1ccc(CCNc2cnc3cc(-c4cn[nH]c4)ccc3n2)cc1. The molecule has 4 rings (SSSR count). The molecule has 2 aromatic carbocycles. The minimum absolute atomic E-state index is 0.800. The molecule has 0 fully saturated rings. The smallest absolute Gasteiger partial charge is 0.145 e. The average molecular weight is 315 g/mol. The summed E-state index contributed by atoms with van der Waals surface area (Å²) in [6.45, 7) is 0.831. The summed E-state index contributed by atoms with van der Waals surface area (Å²) < 4.78 is 0. The lowest BCUT2D eigenvalue weighted by atomic mass is 10.1. The third kappa shape index (κ3) is 3.10. The topological polar surface area (TPSA) is 66.5 Å². The summed E-state index contributed by atoms with van der Waals surface area (Å²) in [5, 5.41) is 10.1. The minimum atomic E-state index is 0.800. The second-order valence-corrected chi connectivity index (χ2v) is 5.61. The third-order valence-corrected chi connectivity index (χ3v) is 3.94. The van der Waals surface area contributed by atoms with Gasteiger partial charge in [0, 0.05) is 18.3 Å². The molecule has 0 radical (unpaired) electrons. The molecule has 0 saturated carbocycles. The van der Waals surface area contributed by atoms with E-state index in [1.807, 2.05) is 30.5 Å². The summed E-state index contributed by atoms with van der Waals surface area (Å²) >= 11 is 0. The number of anilines is 1. The highest BCUT2D eigenvalue weighted by Crippen LogP contribution is 2.22. The second kappa shape index (κ2) is 6.50. The Morgan fingerprint density at radius 1 is 0.917 bits per heavy atom. The number of aromatic nitrogens is 4. The number of rotatable bonds is 5. The summed E-state index contributed by atoms with van der Waals surface area (Å²) in [5.74, 6) is 0.800. The van der Waals surface area contributed by atoms with E-state index in [0.717, 1.165) is 40.9 Å². The number of aromatic amines is 1. The molecule has 0 atom stereocenters. The molecule has 2 aromatic heterocycles. The fraction of sp³-hybridized carbons (Fsp3) is 0.105. The number of benzene rings is 2. The molecule has 0 aliphatic heterocycles. The van der Waals surface area contributed by atoms with Gasteiger partial charge in [-0.05, 0) is 29.7 Å². The van der Waals surface area contributed by atoms with Crippen molar-refractivity contribution in [1.29, 1.82) is 0 Å². The number of H-pyrrole nitrogens is 1. The van der Waals surface area contributed by atoms with Crippen LogP contribution >= 0.6 is 0 Å². The first-order valence-electron chi connectivity index (χ1n) is 7.92. The highest BCUT2D eigenvalue weighted by molar-refractivity contribution is 5.81. The molecule has 2 heterocycles. The Morgan fingerprint density at radius 2 is 1.83 bits per heavy atom. The van der Waals surface area contributed by atoms with Gasteiger partial charge >= 0.3 is 0 Å². The normalized spacial score (nSPS) is 10.8. The van der Waals surface area contributed by atoms with Crippen molar-refractivity contribution in [1.82, 2.24) is 20.2 Å². The fourth-order valence-corrected chi connectivity index (χ4v) is 2.66. The van der Waals surface area contributed by atoms with Gasteiger partial charge in [0.1, 0.15) is 5.82 Å². The quantitative estimate of drug-likeness (QED) is 0.589. The van der Waals surface area contributed by atoms with Crippen molar-refractivity contribution in [2.75, 3.05) is 11.9 Å². The van der Waals surface area contributed by atoms with Crippen LogP contribution in [-0.2, 0) is 6.42 Å². The minimum Gasteiger partial charge on any atom is -0.368 e. The summed E-state index contributed by atoms with van der Waals surface area (Å²) in [6.07, 6.45) is 6.41. The highest BCUT2D eigenvalue weighted by Gasteiger charge is 2.04. The van der Waals surface area contributed by atoms with E-state index < -0.39 is 0 Å². The van der Waals surface area contributed by atoms with Gasteiger partial charge in [0.05, 0.1) is 23.4 Å². The largest absolute Gasteiger partial charge is 0.368 e. The first-order chi connectivity index (χ1) is 11.9. The molecule has 118 valence electrons. The Hall–Kier alpha value is -3.21. The summed E-state index contributed by atoms with van der Waals surface area (Å²) in [7, 11) is 0. The lowest BCUT2D eigenvalue weighted by Crippen LogP contribution is -2.06. The van der Waals surface area contributed by atoms with E-state index in [1.165, 1.54) is 5.56 Å². The number of hydrogen-bond donors (Lipinski definition) is 2. The molecular weight excluding hydrogens is 298 g/mol. The van der Waals surface area contributed by atoms with Crippen molar-refractivity contribution in [3.05, 3.63) is 72.7 Å². The molecule has 4 aromatic rings. The number of hydrogen-bond acceptors (Lipinski definition) is 4. The first kappa shape index (κ1) is 14.4. The molecule has 0 aliphatic carbocycles. The highest BCUT2D eigenvalue weighted by atomic mass is 15.1. The van der Waals surface area contributed by atoms with E-state index in [2.05, 4.69) is 49.7 Å². The van der Waals surface area contributed by atoms with Gasteiger partial charge in [-0.2, -0.15) is 5.10 Å². The zero-order valence-electron chi connectivity index (χ0n) is 13.1. The molecule has 0 amide bonds. The predicted octanol–water partition coefficient (Wildman–Crippen LogP) is 3.67. The van der Waals surface area contributed by atoms with Crippen LogP contribution in [0.4, 0.5) is 5.82 Å². The van der Waals surface area contributed by atoms with E-state index in [1.54, 1.807) is 12.4 Å². The Balaban J connectivity index is 1.48. The molecule has 24 heavy (non-hydrogen) atoms. The Bertz CT molecular complexity index is 933. The third-order valence-electron chi connectivity index (χ3n) is 3.94. The Kier molecular flexibility index (Phi) is 3.90. The van der Waals surface area contributed by atoms with Gasteiger partial charge in [-0.15, -0.1) is 0 Å². The predicted molar refractivity (Wildman–Crippen MR) is 95.8 cm³/mol. The van der Waals surface area contributed by atoms with E-state index >= 15 is 0 Å². The van der Waals surface area contributed by atoms with Gasteiger partial charge < -0.3 is 5.32 Å². The second-order valence-electron chi connectivity index (χ2n) is 5.61. The lowest BCUT2D eigenvalue weighted by molar-refractivity contribution is 1.01. The van der Waals surface area contributed by atoms with E-state index in [4.69, 9.17) is 0 Å².